The zero-order valence-corrected chi connectivity index (χ0v) is 15.2. The minimum absolute atomic E-state index is 0.0167. The van der Waals surface area contributed by atoms with E-state index in [1.54, 1.807) is 0 Å². The summed E-state index contributed by atoms with van der Waals surface area (Å²) in [5.41, 5.74) is 1.18. The molecule has 0 unspecified atom stereocenters. The fourth-order valence-corrected chi connectivity index (χ4v) is 4.98. The van der Waals surface area contributed by atoms with Gasteiger partial charge in [-0.25, -0.2) is 0 Å². The first kappa shape index (κ1) is 17.0. The van der Waals surface area contributed by atoms with Crippen LogP contribution in [-0.4, -0.2) is 41.1 Å². The Morgan fingerprint density at radius 3 is 2.72 bits per heavy atom. The lowest BCUT2D eigenvalue weighted by Crippen LogP contribution is -2.48. The van der Waals surface area contributed by atoms with Crippen LogP contribution in [0.25, 0.3) is 0 Å². The molecular formula is C21H30N2O2. The molecule has 136 valence electrons. The maximum Gasteiger partial charge on any atom is 0.225 e. The Bertz CT molecular complexity index is 575. The summed E-state index contributed by atoms with van der Waals surface area (Å²) in [4.78, 5) is 19.3. The van der Waals surface area contributed by atoms with Gasteiger partial charge in [0.15, 0.2) is 0 Å². The number of amides is 1. The summed E-state index contributed by atoms with van der Waals surface area (Å²) in [6.45, 7) is 2.60. The van der Waals surface area contributed by atoms with E-state index >= 15 is 0 Å². The fraction of sp³-hybridized carbons (Fsp3) is 0.714. The number of rotatable bonds is 3. The summed E-state index contributed by atoms with van der Waals surface area (Å²) in [5.74, 6) is 1.28. The highest BCUT2D eigenvalue weighted by Gasteiger charge is 2.43. The number of hydrogen-bond donors (Lipinski definition) is 0. The van der Waals surface area contributed by atoms with E-state index in [0.29, 0.717) is 17.7 Å². The van der Waals surface area contributed by atoms with Crippen molar-refractivity contribution >= 4 is 5.91 Å². The number of carbonyl (C=O) groups excluding carboxylic acids is 1. The van der Waals surface area contributed by atoms with Crippen LogP contribution >= 0.6 is 0 Å². The molecule has 1 spiro atoms. The molecule has 1 atom stereocenters. The third kappa shape index (κ3) is 3.89. The van der Waals surface area contributed by atoms with Crippen LogP contribution in [0.15, 0.2) is 24.4 Å². The molecule has 2 aliphatic heterocycles. The molecule has 4 rings (SSSR count). The molecule has 3 heterocycles. The van der Waals surface area contributed by atoms with Crippen molar-refractivity contribution in [3.63, 3.8) is 0 Å². The SMILES string of the molecule is O=C(C1CCCCC1)N1CCC2(CC1)C[C@H](Cc1ccccn1)CO2. The van der Waals surface area contributed by atoms with E-state index in [2.05, 4.69) is 22.0 Å². The van der Waals surface area contributed by atoms with Crippen LogP contribution in [0.4, 0.5) is 0 Å². The topological polar surface area (TPSA) is 42.4 Å². The summed E-state index contributed by atoms with van der Waals surface area (Å²) in [7, 11) is 0. The number of carbonyl (C=O) groups is 1. The Morgan fingerprint density at radius 1 is 1.20 bits per heavy atom. The third-order valence-electron chi connectivity index (χ3n) is 6.45. The van der Waals surface area contributed by atoms with Crippen molar-refractivity contribution in [2.24, 2.45) is 11.8 Å². The largest absolute Gasteiger partial charge is 0.375 e. The highest BCUT2D eigenvalue weighted by Crippen LogP contribution is 2.40. The molecule has 25 heavy (non-hydrogen) atoms. The first-order chi connectivity index (χ1) is 12.2. The zero-order valence-electron chi connectivity index (χ0n) is 15.2. The van der Waals surface area contributed by atoms with E-state index in [4.69, 9.17) is 4.74 Å². The van der Waals surface area contributed by atoms with Gasteiger partial charge in [0.25, 0.3) is 0 Å². The van der Waals surface area contributed by atoms with Crippen LogP contribution in [0.5, 0.6) is 0 Å². The van der Waals surface area contributed by atoms with Gasteiger partial charge in [0.1, 0.15) is 0 Å². The highest BCUT2D eigenvalue weighted by atomic mass is 16.5. The monoisotopic (exact) mass is 342 g/mol. The maximum absolute atomic E-state index is 12.7. The second-order valence-electron chi connectivity index (χ2n) is 8.25. The minimum Gasteiger partial charge on any atom is -0.375 e. The van der Waals surface area contributed by atoms with Crippen LogP contribution in [0.3, 0.4) is 0 Å². The van der Waals surface area contributed by atoms with Gasteiger partial charge in [-0.05, 0) is 56.6 Å². The van der Waals surface area contributed by atoms with Gasteiger partial charge in [0.2, 0.25) is 5.91 Å². The first-order valence-electron chi connectivity index (χ1n) is 10.1. The highest BCUT2D eigenvalue weighted by molar-refractivity contribution is 5.79. The summed E-state index contributed by atoms with van der Waals surface area (Å²) >= 11 is 0. The number of ether oxygens (including phenoxy) is 1. The second kappa shape index (κ2) is 7.45. The fourth-order valence-electron chi connectivity index (χ4n) is 4.98. The quantitative estimate of drug-likeness (QED) is 0.843. The molecule has 0 radical (unpaired) electrons. The van der Waals surface area contributed by atoms with Crippen molar-refractivity contribution in [2.45, 2.75) is 63.4 Å². The van der Waals surface area contributed by atoms with Crippen LogP contribution in [0.1, 0.15) is 57.1 Å². The molecule has 1 aromatic heterocycles. The molecule has 1 amide bonds. The van der Waals surface area contributed by atoms with Crippen molar-refractivity contribution in [3.8, 4) is 0 Å². The molecule has 0 aromatic carbocycles. The maximum atomic E-state index is 12.7. The molecule has 4 nitrogen and oxygen atoms in total. The minimum atomic E-state index is 0.0167. The number of hydrogen-bond acceptors (Lipinski definition) is 3. The number of pyridine rings is 1. The van der Waals surface area contributed by atoms with Crippen LogP contribution in [-0.2, 0) is 16.0 Å². The number of aromatic nitrogens is 1. The Balaban J connectivity index is 1.29. The van der Waals surface area contributed by atoms with Crippen molar-refractivity contribution in [3.05, 3.63) is 30.1 Å². The number of nitrogens with zero attached hydrogens (tertiary/aromatic N) is 2. The van der Waals surface area contributed by atoms with E-state index < -0.39 is 0 Å². The van der Waals surface area contributed by atoms with Gasteiger partial charge in [0.05, 0.1) is 12.2 Å². The van der Waals surface area contributed by atoms with E-state index in [1.165, 1.54) is 19.3 Å². The Morgan fingerprint density at radius 2 is 2.00 bits per heavy atom. The summed E-state index contributed by atoms with van der Waals surface area (Å²) in [6.07, 6.45) is 12.0. The lowest BCUT2D eigenvalue weighted by atomic mass is 9.83. The predicted molar refractivity (Wildman–Crippen MR) is 97.1 cm³/mol. The van der Waals surface area contributed by atoms with Gasteiger partial charge < -0.3 is 9.64 Å². The normalized spacial score (nSPS) is 26.9. The summed E-state index contributed by atoms with van der Waals surface area (Å²) < 4.78 is 6.27. The lowest BCUT2D eigenvalue weighted by Gasteiger charge is -2.40. The molecule has 3 aliphatic rings. The van der Waals surface area contributed by atoms with E-state index in [1.807, 2.05) is 12.3 Å². The van der Waals surface area contributed by atoms with Crippen molar-refractivity contribution in [1.29, 1.82) is 0 Å². The second-order valence-corrected chi connectivity index (χ2v) is 8.25. The standard InChI is InChI=1S/C21H30N2O2/c24-20(18-6-2-1-3-7-18)23-12-9-21(10-13-23)15-17(16-25-21)14-19-8-4-5-11-22-19/h4-5,8,11,17-18H,1-3,6-7,9-10,12-16H2/t17-/m0/s1. The molecule has 1 aliphatic carbocycles. The van der Waals surface area contributed by atoms with E-state index in [9.17, 15) is 4.79 Å². The average Bonchev–Trinajstić information content (AvgIpc) is 3.05. The van der Waals surface area contributed by atoms with Gasteiger partial charge in [-0.2, -0.15) is 0 Å². The average molecular weight is 342 g/mol. The smallest absolute Gasteiger partial charge is 0.225 e. The molecule has 1 saturated carbocycles. The van der Waals surface area contributed by atoms with Crippen LogP contribution < -0.4 is 0 Å². The van der Waals surface area contributed by atoms with Crippen molar-refractivity contribution < 1.29 is 9.53 Å². The number of piperidine rings is 1. The van der Waals surface area contributed by atoms with Gasteiger partial charge in [0, 0.05) is 30.9 Å². The molecule has 0 N–H and O–H groups in total. The molecule has 2 saturated heterocycles. The van der Waals surface area contributed by atoms with Gasteiger partial charge in [-0.1, -0.05) is 25.3 Å². The summed E-state index contributed by atoms with van der Waals surface area (Å²) in [6, 6.07) is 6.13. The van der Waals surface area contributed by atoms with Gasteiger partial charge in [-0.3, -0.25) is 9.78 Å². The van der Waals surface area contributed by atoms with Crippen molar-refractivity contribution in [2.75, 3.05) is 19.7 Å². The van der Waals surface area contributed by atoms with Gasteiger partial charge in [-0.15, -0.1) is 0 Å². The predicted octanol–water partition coefficient (Wildman–Crippen LogP) is 3.60. The van der Waals surface area contributed by atoms with Crippen LogP contribution in [0, 0.1) is 11.8 Å². The molecular weight excluding hydrogens is 312 g/mol. The first-order valence-corrected chi connectivity index (χ1v) is 10.1. The van der Waals surface area contributed by atoms with Gasteiger partial charge >= 0.3 is 0 Å². The Labute approximate surface area is 151 Å². The molecule has 0 bridgehead atoms. The molecule has 3 fully saturated rings. The Kier molecular flexibility index (Phi) is 5.07. The third-order valence-corrected chi connectivity index (χ3v) is 6.45. The zero-order chi connectivity index (χ0) is 17.1. The number of likely N-dealkylation sites (tertiary alicyclic amines) is 1. The summed E-state index contributed by atoms with van der Waals surface area (Å²) in [5, 5.41) is 0. The molecule has 4 heteroatoms. The molecule has 1 aromatic rings. The lowest BCUT2D eigenvalue weighted by molar-refractivity contribution is -0.141. The van der Waals surface area contributed by atoms with E-state index in [0.717, 1.165) is 63.9 Å². The Hall–Kier alpha value is -1.42. The van der Waals surface area contributed by atoms with E-state index in [-0.39, 0.29) is 5.60 Å². The van der Waals surface area contributed by atoms with Crippen LogP contribution in [0.2, 0.25) is 0 Å². The van der Waals surface area contributed by atoms with Crippen molar-refractivity contribution in [1.82, 2.24) is 9.88 Å².